The number of thiocarbonyl (C=S) groups is 1. The fourth-order valence-electron chi connectivity index (χ4n) is 5.88. The van der Waals surface area contributed by atoms with Crippen molar-refractivity contribution in [3.63, 3.8) is 0 Å². The lowest BCUT2D eigenvalue weighted by molar-refractivity contribution is -0.116. The summed E-state index contributed by atoms with van der Waals surface area (Å²) < 4.78 is 2.12. The van der Waals surface area contributed by atoms with E-state index in [4.69, 9.17) is 35.4 Å². The maximum Gasteiger partial charge on any atom is 0.226 e. The van der Waals surface area contributed by atoms with E-state index in [9.17, 15) is 4.79 Å². The molecule has 0 spiro atoms. The van der Waals surface area contributed by atoms with Gasteiger partial charge >= 0.3 is 0 Å². The normalized spacial score (nSPS) is 16.6. The molecule has 2 N–H and O–H groups in total. The molecule has 1 saturated heterocycles. The zero-order valence-electron chi connectivity index (χ0n) is 23.1. The molecule has 0 bridgehead atoms. The summed E-state index contributed by atoms with van der Waals surface area (Å²) in [5.41, 5.74) is 5.58. The minimum atomic E-state index is -0.205. The van der Waals surface area contributed by atoms with Crippen LogP contribution in [0.5, 0.6) is 0 Å². The number of anilines is 1. The number of nitrogens with zero attached hydrogens (tertiary/aromatic N) is 3. The maximum absolute atomic E-state index is 13.2. The molecule has 6 rings (SSSR count). The van der Waals surface area contributed by atoms with Gasteiger partial charge in [0.15, 0.2) is 5.11 Å². The van der Waals surface area contributed by atoms with E-state index in [-0.39, 0.29) is 24.4 Å². The number of carbonyl (C=O) groups is 1. The van der Waals surface area contributed by atoms with Crippen LogP contribution in [-0.2, 0) is 4.79 Å². The summed E-state index contributed by atoms with van der Waals surface area (Å²) in [6, 6.07) is 27.2. The quantitative estimate of drug-likeness (QED) is 0.182. The average molecular weight is 615 g/mol. The first-order chi connectivity index (χ1) is 20.3. The van der Waals surface area contributed by atoms with E-state index in [0.717, 1.165) is 44.8 Å². The number of benzene rings is 3. The molecule has 2 aromatic heterocycles. The SMILES string of the molecule is Cc1cc([C@H]2[C@H](c3ccccn3)NC(=S)N2CCC(=O)Nc2cccc3ccccc23)c(C)n1-c1cccc(Cl)c1Cl. The molecule has 42 heavy (non-hydrogen) atoms. The summed E-state index contributed by atoms with van der Waals surface area (Å²) in [6.45, 7) is 4.55. The van der Waals surface area contributed by atoms with Gasteiger partial charge in [0.25, 0.3) is 0 Å². The highest BCUT2D eigenvalue weighted by Gasteiger charge is 2.41. The maximum atomic E-state index is 13.2. The molecule has 1 fully saturated rings. The number of nitrogens with one attached hydrogen (secondary N) is 2. The van der Waals surface area contributed by atoms with Crippen molar-refractivity contribution >= 4 is 62.9 Å². The number of hydrogen-bond donors (Lipinski definition) is 2. The van der Waals surface area contributed by atoms with Crippen LogP contribution in [0.4, 0.5) is 5.69 Å². The van der Waals surface area contributed by atoms with E-state index in [1.165, 1.54) is 0 Å². The topological polar surface area (TPSA) is 62.2 Å². The van der Waals surface area contributed by atoms with E-state index in [2.05, 4.69) is 38.1 Å². The van der Waals surface area contributed by atoms with Crippen molar-refractivity contribution in [3.8, 4) is 5.69 Å². The van der Waals surface area contributed by atoms with Crippen LogP contribution in [0.15, 0.2) is 91.1 Å². The molecule has 5 aromatic rings. The first kappa shape index (κ1) is 28.2. The van der Waals surface area contributed by atoms with Crippen molar-refractivity contribution in [2.45, 2.75) is 32.4 Å². The van der Waals surface area contributed by atoms with Gasteiger partial charge in [0.2, 0.25) is 5.91 Å². The molecule has 1 aliphatic heterocycles. The third-order valence-corrected chi connectivity index (χ3v) is 8.96. The van der Waals surface area contributed by atoms with Crippen molar-refractivity contribution in [3.05, 3.63) is 124 Å². The van der Waals surface area contributed by atoms with Gasteiger partial charge in [0, 0.05) is 41.6 Å². The van der Waals surface area contributed by atoms with Gasteiger partial charge < -0.3 is 20.1 Å². The smallest absolute Gasteiger partial charge is 0.226 e. The van der Waals surface area contributed by atoms with Gasteiger partial charge in [-0.15, -0.1) is 0 Å². The second kappa shape index (κ2) is 11.8. The van der Waals surface area contributed by atoms with Crippen molar-refractivity contribution in [1.29, 1.82) is 0 Å². The van der Waals surface area contributed by atoms with Crippen molar-refractivity contribution in [2.24, 2.45) is 0 Å². The molecule has 1 amide bonds. The molecule has 0 saturated carbocycles. The van der Waals surface area contributed by atoms with E-state index in [0.29, 0.717) is 21.7 Å². The molecule has 6 nitrogen and oxygen atoms in total. The van der Waals surface area contributed by atoms with Crippen LogP contribution in [0.25, 0.3) is 16.5 Å². The van der Waals surface area contributed by atoms with Crippen LogP contribution < -0.4 is 10.6 Å². The number of hydrogen-bond acceptors (Lipinski definition) is 3. The lowest BCUT2D eigenvalue weighted by Crippen LogP contribution is -2.33. The van der Waals surface area contributed by atoms with Gasteiger partial charge in [-0.3, -0.25) is 9.78 Å². The lowest BCUT2D eigenvalue weighted by atomic mass is 9.96. The molecular formula is C33H29Cl2N5OS. The number of aromatic nitrogens is 2. The second-order valence-corrected chi connectivity index (χ2v) is 11.6. The van der Waals surface area contributed by atoms with Crippen molar-refractivity contribution in [1.82, 2.24) is 19.8 Å². The second-order valence-electron chi connectivity index (χ2n) is 10.4. The number of pyridine rings is 1. The largest absolute Gasteiger partial charge is 0.352 e. The van der Waals surface area contributed by atoms with Crippen LogP contribution in [0.3, 0.4) is 0 Å². The Kier molecular flexibility index (Phi) is 7.90. The fraction of sp³-hybridized carbons (Fsp3) is 0.182. The predicted molar refractivity (Wildman–Crippen MR) is 175 cm³/mol. The van der Waals surface area contributed by atoms with Gasteiger partial charge in [0.05, 0.1) is 33.5 Å². The monoisotopic (exact) mass is 613 g/mol. The number of rotatable bonds is 7. The van der Waals surface area contributed by atoms with Crippen LogP contribution in [0.1, 0.15) is 41.1 Å². The van der Waals surface area contributed by atoms with E-state index >= 15 is 0 Å². The Morgan fingerprint density at radius 2 is 1.76 bits per heavy atom. The molecule has 2 atom stereocenters. The summed E-state index contributed by atoms with van der Waals surface area (Å²) in [5, 5.41) is 10.3. The van der Waals surface area contributed by atoms with Gasteiger partial charge in [-0.2, -0.15) is 0 Å². The molecule has 3 heterocycles. The van der Waals surface area contributed by atoms with Crippen LogP contribution in [-0.4, -0.2) is 32.0 Å². The number of halogens is 2. The predicted octanol–water partition coefficient (Wildman–Crippen LogP) is 7.95. The van der Waals surface area contributed by atoms with Crippen LogP contribution in [0.2, 0.25) is 10.0 Å². The van der Waals surface area contributed by atoms with Gasteiger partial charge in [-0.1, -0.05) is 71.7 Å². The van der Waals surface area contributed by atoms with Crippen LogP contribution >= 0.6 is 35.4 Å². The van der Waals surface area contributed by atoms with Crippen LogP contribution in [0, 0.1) is 13.8 Å². The highest BCUT2D eigenvalue weighted by molar-refractivity contribution is 7.80. The van der Waals surface area contributed by atoms with Gasteiger partial charge in [-0.25, -0.2) is 0 Å². The lowest BCUT2D eigenvalue weighted by Gasteiger charge is -2.28. The van der Waals surface area contributed by atoms with E-state index in [1.54, 1.807) is 12.3 Å². The van der Waals surface area contributed by atoms with E-state index < -0.39 is 0 Å². The summed E-state index contributed by atoms with van der Waals surface area (Å²) in [7, 11) is 0. The Morgan fingerprint density at radius 3 is 2.57 bits per heavy atom. The summed E-state index contributed by atoms with van der Waals surface area (Å²) >= 11 is 18.9. The van der Waals surface area contributed by atoms with Gasteiger partial charge in [0.1, 0.15) is 0 Å². The molecule has 3 aromatic carbocycles. The number of carbonyl (C=O) groups excluding carboxylic acids is 1. The molecule has 0 aliphatic carbocycles. The Labute approximate surface area is 260 Å². The first-order valence-electron chi connectivity index (χ1n) is 13.7. The van der Waals surface area contributed by atoms with E-state index in [1.807, 2.05) is 79.7 Å². The Morgan fingerprint density at radius 1 is 1.00 bits per heavy atom. The number of fused-ring (bicyclic) bond motifs is 1. The number of amides is 1. The van der Waals surface area contributed by atoms with Crippen molar-refractivity contribution < 1.29 is 4.79 Å². The highest BCUT2D eigenvalue weighted by Crippen LogP contribution is 2.42. The minimum Gasteiger partial charge on any atom is -0.352 e. The molecular weight excluding hydrogens is 585 g/mol. The standard InChI is InChI=1S/C33H29Cl2N5OS/c1-20-19-24(21(2)40(20)28-15-8-12-25(34)30(28)35)32-31(27-13-5-6-17-36-27)38-33(42)39(32)18-16-29(41)37-26-14-7-10-22-9-3-4-11-23(22)26/h3-15,17,19,31-32H,16,18H2,1-2H3,(H,37,41)(H,38,42)/t31-,32-/m0/s1. The Balaban J connectivity index is 1.33. The number of aryl methyl sites for hydroxylation is 1. The molecule has 212 valence electrons. The fourth-order valence-corrected chi connectivity index (χ4v) is 6.59. The highest BCUT2D eigenvalue weighted by atomic mass is 35.5. The van der Waals surface area contributed by atoms with Crippen molar-refractivity contribution in [2.75, 3.05) is 11.9 Å². The molecule has 9 heteroatoms. The third kappa shape index (κ3) is 5.24. The molecule has 1 aliphatic rings. The Bertz CT molecular complexity index is 1800. The zero-order valence-corrected chi connectivity index (χ0v) is 25.5. The first-order valence-corrected chi connectivity index (χ1v) is 14.9. The Hall–Kier alpha value is -3.91. The minimum absolute atomic E-state index is 0.0784. The summed E-state index contributed by atoms with van der Waals surface area (Å²) in [5.74, 6) is -0.0784. The average Bonchev–Trinajstić information content (AvgIpc) is 3.48. The summed E-state index contributed by atoms with van der Waals surface area (Å²) in [4.78, 5) is 20.0. The zero-order chi connectivity index (χ0) is 29.4. The molecule has 0 unspecified atom stereocenters. The van der Waals surface area contributed by atoms with Gasteiger partial charge in [-0.05, 0) is 73.4 Å². The summed E-state index contributed by atoms with van der Waals surface area (Å²) in [6.07, 6.45) is 2.04. The third-order valence-electron chi connectivity index (χ3n) is 7.80. The molecule has 0 radical (unpaired) electrons.